The van der Waals surface area contributed by atoms with Crippen LogP contribution < -0.4 is 5.32 Å². The van der Waals surface area contributed by atoms with E-state index in [-0.39, 0.29) is 17.6 Å². The van der Waals surface area contributed by atoms with Gasteiger partial charge in [0.25, 0.3) is 5.24 Å². The van der Waals surface area contributed by atoms with Gasteiger partial charge in [0.2, 0.25) is 5.91 Å². The number of allylic oxidation sites excluding steroid dienone is 3. The molecule has 0 unspecified atom stereocenters. The summed E-state index contributed by atoms with van der Waals surface area (Å²) in [4.78, 5) is 23.3. The van der Waals surface area contributed by atoms with Gasteiger partial charge in [-0.05, 0) is 43.0 Å². The fourth-order valence-corrected chi connectivity index (χ4v) is 2.81. The van der Waals surface area contributed by atoms with E-state index in [9.17, 15) is 9.59 Å². The summed E-state index contributed by atoms with van der Waals surface area (Å²) in [6, 6.07) is 3.66. The number of imide groups is 1. The van der Waals surface area contributed by atoms with Crippen LogP contribution in [-0.2, 0) is 20.7 Å². The van der Waals surface area contributed by atoms with Crippen molar-refractivity contribution in [2.24, 2.45) is 0 Å². The molecule has 0 atom stereocenters. The van der Waals surface area contributed by atoms with Crippen LogP contribution in [-0.4, -0.2) is 25.4 Å². The highest BCUT2D eigenvalue weighted by atomic mass is 32.2. The molecule has 1 aromatic heterocycles. The quantitative estimate of drug-likeness (QED) is 0.624. The van der Waals surface area contributed by atoms with Crippen LogP contribution in [0, 0.1) is 0 Å². The third-order valence-corrected chi connectivity index (χ3v) is 4.06. The van der Waals surface area contributed by atoms with Gasteiger partial charge in [0.1, 0.15) is 17.3 Å². The highest BCUT2D eigenvalue weighted by molar-refractivity contribution is 8.17. The molecule has 2 rings (SSSR count). The molecule has 0 radical (unpaired) electrons. The summed E-state index contributed by atoms with van der Waals surface area (Å²) in [6.07, 6.45) is 6.21. The molecule has 0 saturated carbocycles. The van der Waals surface area contributed by atoms with Gasteiger partial charge in [-0.2, -0.15) is 0 Å². The number of ether oxygens (including phenoxy) is 2. The van der Waals surface area contributed by atoms with Crippen molar-refractivity contribution in [3.8, 4) is 0 Å². The van der Waals surface area contributed by atoms with Crippen molar-refractivity contribution in [2.45, 2.75) is 19.8 Å². The van der Waals surface area contributed by atoms with Crippen LogP contribution in [0.1, 0.15) is 24.9 Å². The second-order valence-electron chi connectivity index (χ2n) is 4.96. The highest BCUT2D eigenvalue weighted by Crippen LogP contribution is 2.27. The molecule has 0 aliphatic carbocycles. The van der Waals surface area contributed by atoms with Crippen molar-refractivity contribution in [1.29, 1.82) is 0 Å². The molecule has 128 valence electrons. The van der Waals surface area contributed by atoms with Crippen LogP contribution in [0.15, 0.2) is 45.1 Å². The summed E-state index contributed by atoms with van der Waals surface area (Å²) in [7, 11) is 3.17. The maximum atomic E-state index is 11.3. The number of carbonyl (C=O) groups excluding carboxylic acids is 2. The molecule has 0 bridgehead atoms. The average Bonchev–Trinajstić information content (AvgIpc) is 2.97. The molecule has 0 spiro atoms. The van der Waals surface area contributed by atoms with E-state index in [1.807, 2.05) is 25.1 Å². The SMILES string of the molecule is CO/C(C)=C(/C=C\Cc1ccc(C=C2CC(=O)NC(=O)S2)o1)OC. The molecule has 1 aromatic rings. The Bertz CT molecular complexity index is 696. The smallest absolute Gasteiger partial charge is 0.290 e. The van der Waals surface area contributed by atoms with Crippen LogP contribution in [0.2, 0.25) is 0 Å². The molecule has 0 aromatic carbocycles. The van der Waals surface area contributed by atoms with E-state index >= 15 is 0 Å². The monoisotopic (exact) mass is 349 g/mol. The third kappa shape index (κ3) is 5.06. The molecular formula is C17H19NO5S. The molecule has 6 nitrogen and oxygen atoms in total. The maximum absolute atomic E-state index is 11.3. The fraction of sp³-hybridized carbons (Fsp3) is 0.294. The van der Waals surface area contributed by atoms with E-state index in [4.69, 9.17) is 13.9 Å². The Morgan fingerprint density at radius 1 is 1.33 bits per heavy atom. The van der Waals surface area contributed by atoms with E-state index in [0.29, 0.717) is 28.6 Å². The lowest BCUT2D eigenvalue weighted by molar-refractivity contribution is -0.119. The van der Waals surface area contributed by atoms with Gasteiger partial charge in [-0.15, -0.1) is 0 Å². The zero-order valence-electron chi connectivity index (χ0n) is 13.8. The molecule has 1 fully saturated rings. The largest absolute Gasteiger partial charge is 0.498 e. The predicted octanol–water partition coefficient (Wildman–Crippen LogP) is 3.62. The van der Waals surface area contributed by atoms with Gasteiger partial charge in [0.05, 0.1) is 20.6 Å². The second-order valence-corrected chi connectivity index (χ2v) is 6.06. The number of methoxy groups -OCH3 is 2. The number of hydrogen-bond donors (Lipinski definition) is 1. The number of furan rings is 1. The van der Waals surface area contributed by atoms with Crippen LogP contribution in [0.5, 0.6) is 0 Å². The molecule has 2 amide bonds. The van der Waals surface area contributed by atoms with Gasteiger partial charge >= 0.3 is 0 Å². The lowest BCUT2D eigenvalue weighted by Crippen LogP contribution is -2.30. The minimum atomic E-state index is -0.361. The van der Waals surface area contributed by atoms with Crippen molar-refractivity contribution in [3.63, 3.8) is 0 Å². The Kier molecular flexibility index (Phi) is 6.31. The zero-order valence-corrected chi connectivity index (χ0v) is 14.6. The summed E-state index contributed by atoms with van der Waals surface area (Å²) in [5, 5.41) is 1.87. The van der Waals surface area contributed by atoms with E-state index in [1.165, 1.54) is 0 Å². The third-order valence-electron chi connectivity index (χ3n) is 3.25. The fourth-order valence-electron chi connectivity index (χ4n) is 2.03. The van der Waals surface area contributed by atoms with Crippen LogP contribution in [0.25, 0.3) is 6.08 Å². The summed E-state index contributed by atoms with van der Waals surface area (Å²) in [5.41, 5.74) is 0. The lowest BCUT2D eigenvalue weighted by atomic mass is 10.3. The molecule has 1 aliphatic rings. The summed E-state index contributed by atoms with van der Waals surface area (Å²) < 4.78 is 16.0. The topological polar surface area (TPSA) is 77.8 Å². The van der Waals surface area contributed by atoms with Crippen LogP contribution in [0.3, 0.4) is 0 Å². The molecule has 1 aliphatic heterocycles. The number of nitrogens with one attached hydrogen (secondary N) is 1. The Morgan fingerprint density at radius 3 is 2.79 bits per heavy atom. The van der Waals surface area contributed by atoms with Crippen molar-refractivity contribution < 1.29 is 23.5 Å². The molecular weight excluding hydrogens is 330 g/mol. The van der Waals surface area contributed by atoms with Crippen molar-refractivity contribution in [1.82, 2.24) is 5.32 Å². The van der Waals surface area contributed by atoms with Crippen LogP contribution >= 0.6 is 11.8 Å². The Hall–Kier alpha value is -2.41. The predicted molar refractivity (Wildman–Crippen MR) is 92.0 cm³/mol. The Balaban J connectivity index is 2.01. The zero-order chi connectivity index (χ0) is 17.5. The van der Waals surface area contributed by atoms with E-state index in [1.54, 1.807) is 26.4 Å². The molecule has 1 saturated heterocycles. The molecule has 24 heavy (non-hydrogen) atoms. The number of thioether (sulfide) groups is 1. The highest BCUT2D eigenvalue weighted by Gasteiger charge is 2.20. The molecule has 1 N–H and O–H groups in total. The minimum Gasteiger partial charge on any atom is -0.498 e. The van der Waals surface area contributed by atoms with Gasteiger partial charge in [-0.3, -0.25) is 14.9 Å². The second kappa shape index (κ2) is 8.44. The summed E-state index contributed by atoms with van der Waals surface area (Å²) in [5.74, 6) is 2.41. The van der Waals surface area contributed by atoms with Crippen molar-refractivity contribution in [2.75, 3.05) is 14.2 Å². The maximum Gasteiger partial charge on any atom is 0.290 e. The Morgan fingerprint density at radius 2 is 2.12 bits per heavy atom. The number of amides is 2. The van der Waals surface area contributed by atoms with E-state index in [2.05, 4.69) is 5.32 Å². The number of hydrogen-bond acceptors (Lipinski definition) is 6. The normalized spacial score (nSPS) is 17.9. The van der Waals surface area contributed by atoms with Gasteiger partial charge in [0.15, 0.2) is 5.76 Å². The van der Waals surface area contributed by atoms with E-state index < -0.39 is 0 Å². The van der Waals surface area contributed by atoms with Crippen molar-refractivity contribution >= 4 is 29.0 Å². The molecule has 2 heterocycles. The van der Waals surface area contributed by atoms with Gasteiger partial charge in [-0.25, -0.2) is 0 Å². The first kappa shape index (κ1) is 17.9. The average molecular weight is 349 g/mol. The van der Waals surface area contributed by atoms with Gasteiger partial charge in [-0.1, -0.05) is 6.08 Å². The van der Waals surface area contributed by atoms with Gasteiger partial charge in [0, 0.05) is 11.3 Å². The summed E-state index contributed by atoms with van der Waals surface area (Å²) in [6.45, 7) is 1.82. The Labute approximate surface area is 144 Å². The minimum absolute atomic E-state index is 0.185. The number of rotatable bonds is 6. The standard InChI is InChI=1S/C17H19NO5S/c1-11(21-2)15(22-3)6-4-5-12-7-8-13(23-12)9-14-10-16(19)18-17(20)24-14/h4,6-9H,5,10H2,1-3H3,(H,18,19,20)/b6-4-,14-9?,15-11-. The lowest BCUT2D eigenvalue weighted by Gasteiger charge is -2.11. The van der Waals surface area contributed by atoms with E-state index in [0.717, 1.165) is 17.5 Å². The first-order valence-electron chi connectivity index (χ1n) is 7.28. The van der Waals surface area contributed by atoms with Gasteiger partial charge < -0.3 is 13.9 Å². The summed E-state index contributed by atoms with van der Waals surface area (Å²) >= 11 is 1.00. The first-order chi connectivity index (χ1) is 11.5. The number of carbonyl (C=O) groups is 2. The van der Waals surface area contributed by atoms with Crippen LogP contribution in [0.4, 0.5) is 4.79 Å². The first-order valence-corrected chi connectivity index (χ1v) is 8.09. The molecule has 7 heteroatoms. The van der Waals surface area contributed by atoms with Crippen molar-refractivity contribution in [3.05, 3.63) is 52.2 Å².